The minimum Gasteiger partial charge on any atom is -0.493 e. The van der Waals surface area contributed by atoms with Gasteiger partial charge in [0.2, 0.25) is 5.95 Å². The number of aromatic nitrogens is 4. The van der Waals surface area contributed by atoms with E-state index in [1.165, 1.54) is 0 Å². The molecule has 1 aliphatic heterocycles. The molecule has 9 heteroatoms. The van der Waals surface area contributed by atoms with Gasteiger partial charge in [0.25, 0.3) is 0 Å². The minimum atomic E-state index is 0.440. The first kappa shape index (κ1) is 18.9. The van der Waals surface area contributed by atoms with Gasteiger partial charge >= 0.3 is 0 Å². The van der Waals surface area contributed by atoms with E-state index in [4.69, 9.17) is 9.47 Å². The molecule has 9 nitrogen and oxygen atoms in total. The quantitative estimate of drug-likeness (QED) is 0.655. The number of hydrogen-bond acceptors (Lipinski definition) is 9. The predicted molar refractivity (Wildman–Crippen MR) is 112 cm³/mol. The summed E-state index contributed by atoms with van der Waals surface area (Å²) in [7, 11) is 3.42. The van der Waals surface area contributed by atoms with Gasteiger partial charge in [-0.05, 0) is 24.3 Å². The average molecular weight is 393 g/mol. The number of nitrogens with zero attached hydrogens (tertiary/aromatic N) is 5. The van der Waals surface area contributed by atoms with E-state index >= 15 is 0 Å². The number of ether oxygens (including phenoxy) is 2. The second-order valence-corrected chi connectivity index (χ2v) is 6.42. The highest BCUT2D eigenvalue weighted by molar-refractivity contribution is 5.69. The van der Waals surface area contributed by atoms with Crippen molar-refractivity contribution >= 4 is 23.3 Å². The Kier molecular flexibility index (Phi) is 5.66. The van der Waals surface area contributed by atoms with Crippen LogP contribution in [0.5, 0.6) is 5.75 Å². The van der Waals surface area contributed by atoms with Gasteiger partial charge in [-0.3, -0.25) is 0 Å². The predicted octanol–water partition coefficient (Wildman–Crippen LogP) is 2.56. The van der Waals surface area contributed by atoms with Gasteiger partial charge in [0, 0.05) is 31.9 Å². The topological polar surface area (TPSA) is 97.3 Å². The van der Waals surface area contributed by atoms with Crippen LogP contribution in [0.2, 0.25) is 0 Å². The van der Waals surface area contributed by atoms with Gasteiger partial charge in [-0.2, -0.15) is 0 Å². The summed E-state index contributed by atoms with van der Waals surface area (Å²) in [6, 6.07) is 7.74. The maximum Gasteiger partial charge on any atom is 0.229 e. The van der Waals surface area contributed by atoms with Crippen molar-refractivity contribution in [1.82, 2.24) is 19.9 Å². The molecular weight excluding hydrogens is 370 g/mol. The molecule has 0 radical (unpaired) electrons. The largest absolute Gasteiger partial charge is 0.493 e. The lowest BCUT2D eigenvalue weighted by Gasteiger charge is -2.28. The Bertz CT molecular complexity index is 959. The van der Waals surface area contributed by atoms with Crippen LogP contribution in [-0.2, 0) is 4.74 Å². The van der Waals surface area contributed by atoms with Gasteiger partial charge in [-0.25, -0.2) is 19.9 Å². The molecule has 0 amide bonds. The number of anilines is 4. The van der Waals surface area contributed by atoms with Gasteiger partial charge in [0.15, 0.2) is 5.75 Å². The molecule has 1 saturated heterocycles. The number of rotatable bonds is 6. The van der Waals surface area contributed by atoms with Crippen LogP contribution in [-0.4, -0.2) is 60.4 Å². The lowest BCUT2D eigenvalue weighted by atomic mass is 10.1. The maximum atomic E-state index is 5.44. The number of hydrogen-bond donors (Lipinski definition) is 2. The zero-order valence-electron chi connectivity index (χ0n) is 16.4. The minimum absolute atomic E-state index is 0.440. The number of morpholine rings is 1. The molecule has 2 N–H and O–H groups in total. The Balaban J connectivity index is 1.55. The van der Waals surface area contributed by atoms with Crippen molar-refractivity contribution in [3.8, 4) is 17.0 Å². The summed E-state index contributed by atoms with van der Waals surface area (Å²) in [6.07, 6.45) is 5.22. The lowest BCUT2D eigenvalue weighted by Crippen LogP contribution is -2.36. The summed E-state index contributed by atoms with van der Waals surface area (Å²) in [5.41, 5.74) is 2.63. The fourth-order valence-electron chi connectivity index (χ4n) is 3.08. The van der Waals surface area contributed by atoms with E-state index in [0.29, 0.717) is 23.2 Å². The van der Waals surface area contributed by atoms with Crippen molar-refractivity contribution in [2.75, 3.05) is 56.0 Å². The molecule has 1 fully saturated rings. The van der Waals surface area contributed by atoms with Crippen LogP contribution in [0.3, 0.4) is 0 Å². The molecule has 150 valence electrons. The highest BCUT2D eigenvalue weighted by Gasteiger charge is 2.13. The Morgan fingerprint density at radius 1 is 1.03 bits per heavy atom. The van der Waals surface area contributed by atoms with Crippen molar-refractivity contribution in [3.63, 3.8) is 0 Å². The summed E-state index contributed by atoms with van der Waals surface area (Å²) in [4.78, 5) is 20.0. The van der Waals surface area contributed by atoms with E-state index in [-0.39, 0.29) is 0 Å². The van der Waals surface area contributed by atoms with Gasteiger partial charge in [0.1, 0.15) is 17.3 Å². The first-order valence-corrected chi connectivity index (χ1v) is 9.38. The molecule has 0 aromatic carbocycles. The molecule has 4 heterocycles. The Hall–Kier alpha value is -3.46. The second-order valence-electron chi connectivity index (χ2n) is 6.42. The first-order chi connectivity index (χ1) is 14.3. The third-order valence-electron chi connectivity index (χ3n) is 4.63. The first-order valence-electron chi connectivity index (χ1n) is 9.38. The molecule has 0 saturated carbocycles. The molecule has 3 aromatic rings. The number of pyridine rings is 2. The molecule has 0 spiro atoms. The fourth-order valence-corrected chi connectivity index (χ4v) is 3.08. The van der Waals surface area contributed by atoms with Crippen LogP contribution in [0, 0.1) is 0 Å². The molecular formula is C20H23N7O2. The standard InChI is InChI=1S/C20H23N7O2/c1-21-18-11-14(5-6-22-18)19-16(28-2)13-24-20(26-19)25-17-4-3-15(12-23-17)27-7-9-29-10-8-27/h3-6,11-13H,7-10H2,1-2H3,(H,21,22)(H,23,24,25,26). The van der Waals surface area contributed by atoms with Crippen LogP contribution in [0.15, 0.2) is 42.9 Å². The van der Waals surface area contributed by atoms with E-state index in [0.717, 1.165) is 43.4 Å². The van der Waals surface area contributed by atoms with Crippen LogP contribution in [0.4, 0.5) is 23.3 Å². The van der Waals surface area contributed by atoms with Gasteiger partial charge in [-0.15, -0.1) is 0 Å². The van der Waals surface area contributed by atoms with Crippen molar-refractivity contribution in [3.05, 3.63) is 42.9 Å². The van der Waals surface area contributed by atoms with Crippen LogP contribution in [0.1, 0.15) is 0 Å². The van der Waals surface area contributed by atoms with Gasteiger partial charge in [0.05, 0.1) is 38.4 Å². The SMILES string of the molecule is CNc1cc(-c2nc(Nc3ccc(N4CCOCC4)cn3)ncc2OC)ccn1. The summed E-state index contributed by atoms with van der Waals surface area (Å²) in [5, 5.41) is 6.19. The molecule has 0 aliphatic carbocycles. The molecule has 0 bridgehead atoms. The van der Waals surface area contributed by atoms with Crippen molar-refractivity contribution in [1.29, 1.82) is 0 Å². The maximum absolute atomic E-state index is 5.44. The third-order valence-corrected chi connectivity index (χ3v) is 4.63. The van der Waals surface area contributed by atoms with E-state index in [1.807, 2.05) is 37.5 Å². The molecule has 4 rings (SSSR count). The normalized spacial score (nSPS) is 13.8. The average Bonchev–Trinajstić information content (AvgIpc) is 2.80. The molecule has 3 aromatic heterocycles. The summed E-state index contributed by atoms with van der Waals surface area (Å²) >= 11 is 0. The summed E-state index contributed by atoms with van der Waals surface area (Å²) in [5.74, 6) is 2.44. The summed E-state index contributed by atoms with van der Waals surface area (Å²) < 4.78 is 10.8. The number of nitrogens with one attached hydrogen (secondary N) is 2. The Morgan fingerprint density at radius 3 is 2.62 bits per heavy atom. The smallest absolute Gasteiger partial charge is 0.229 e. The van der Waals surface area contributed by atoms with Gasteiger partial charge < -0.3 is 25.0 Å². The lowest BCUT2D eigenvalue weighted by molar-refractivity contribution is 0.122. The third kappa shape index (κ3) is 4.35. The second kappa shape index (κ2) is 8.70. The zero-order valence-corrected chi connectivity index (χ0v) is 16.4. The van der Waals surface area contributed by atoms with Crippen molar-refractivity contribution in [2.45, 2.75) is 0 Å². The fraction of sp³-hybridized carbons (Fsp3) is 0.300. The van der Waals surface area contributed by atoms with E-state index in [2.05, 4.69) is 35.5 Å². The van der Waals surface area contributed by atoms with Crippen molar-refractivity contribution < 1.29 is 9.47 Å². The van der Waals surface area contributed by atoms with Crippen LogP contribution < -0.4 is 20.3 Å². The van der Waals surface area contributed by atoms with E-state index in [1.54, 1.807) is 19.5 Å². The zero-order chi connectivity index (χ0) is 20.1. The molecule has 0 unspecified atom stereocenters. The number of methoxy groups -OCH3 is 1. The van der Waals surface area contributed by atoms with Crippen molar-refractivity contribution in [2.24, 2.45) is 0 Å². The Morgan fingerprint density at radius 2 is 1.90 bits per heavy atom. The van der Waals surface area contributed by atoms with Crippen LogP contribution in [0.25, 0.3) is 11.3 Å². The molecule has 29 heavy (non-hydrogen) atoms. The Labute approximate surface area is 169 Å². The summed E-state index contributed by atoms with van der Waals surface area (Å²) in [6.45, 7) is 3.24. The van der Waals surface area contributed by atoms with E-state index < -0.39 is 0 Å². The van der Waals surface area contributed by atoms with E-state index in [9.17, 15) is 0 Å². The van der Waals surface area contributed by atoms with Crippen LogP contribution >= 0.6 is 0 Å². The highest BCUT2D eigenvalue weighted by Crippen LogP contribution is 2.29. The van der Waals surface area contributed by atoms with Gasteiger partial charge in [-0.1, -0.05) is 0 Å². The highest BCUT2D eigenvalue weighted by atomic mass is 16.5. The molecule has 0 atom stereocenters. The monoisotopic (exact) mass is 393 g/mol. The molecule has 1 aliphatic rings.